The zero-order valence-corrected chi connectivity index (χ0v) is 24.6. The number of rotatable bonds is 6. The summed E-state index contributed by atoms with van der Waals surface area (Å²) in [6.45, 7) is 0. The minimum atomic E-state index is -3.21. The molecule has 6 aromatic rings. The Kier molecular flexibility index (Phi) is 6.14. The summed E-state index contributed by atoms with van der Waals surface area (Å²) in [6, 6.07) is 60.0. The van der Waals surface area contributed by atoms with Gasteiger partial charge in [0, 0.05) is 0 Å². The Morgan fingerprint density at radius 3 is 0.902 bits per heavy atom. The fraction of sp³-hybridized carbons (Fsp3) is 0.100. The van der Waals surface area contributed by atoms with Crippen LogP contribution < -0.4 is 0 Å². The molecule has 0 heterocycles. The normalized spacial score (nSPS) is 13.9. The van der Waals surface area contributed by atoms with Gasteiger partial charge >= 0.3 is 248 Å². The first-order valence-corrected chi connectivity index (χ1v) is 18.8. The fourth-order valence-corrected chi connectivity index (χ4v) is 18.7. The predicted octanol–water partition coefficient (Wildman–Crippen LogP) is 10.1. The van der Waals surface area contributed by atoms with Crippen molar-refractivity contribution in [3.63, 3.8) is 0 Å². The summed E-state index contributed by atoms with van der Waals surface area (Å²) in [5.41, 5.74) is 14.9. The molecule has 0 nitrogen and oxygen atoms in total. The van der Waals surface area contributed by atoms with E-state index in [1.807, 2.05) is 0 Å². The summed E-state index contributed by atoms with van der Waals surface area (Å²) in [5.74, 6) is 0. The summed E-state index contributed by atoms with van der Waals surface area (Å²) < 4.78 is 3.17. The molecule has 6 aromatic carbocycles. The van der Waals surface area contributed by atoms with Gasteiger partial charge in [-0.1, -0.05) is 0 Å². The van der Waals surface area contributed by atoms with Gasteiger partial charge < -0.3 is 0 Å². The maximum atomic E-state index is 2.45. The van der Waals surface area contributed by atoms with Crippen molar-refractivity contribution in [1.29, 1.82) is 0 Å². The Labute approximate surface area is 246 Å². The van der Waals surface area contributed by atoms with Gasteiger partial charge in [0.05, 0.1) is 0 Å². The Morgan fingerprint density at radius 2 is 0.585 bits per heavy atom. The van der Waals surface area contributed by atoms with Crippen LogP contribution in [0.1, 0.15) is 41.8 Å². The van der Waals surface area contributed by atoms with Gasteiger partial charge in [-0.25, -0.2) is 0 Å². The molecule has 2 aliphatic rings. The van der Waals surface area contributed by atoms with Crippen molar-refractivity contribution in [2.24, 2.45) is 0 Å². The van der Waals surface area contributed by atoms with E-state index in [2.05, 4.69) is 158 Å². The van der Waals surface area contributed by atoms with Crippen LogP contribution in [0.4, 0.5) is 0 Å². The molecule has 0 amide bonds. The van der Waals surface area contributed by atoms with E-state index in [9.17, 15) is 0 Å². The third kappa shape index (κ3) is 4.01. The van der Waals surface area contributed by atoms with Crippen LogP contribution in [0.3, 0.4) is 0 Å². The van der Waals surface area contributed by atoms with E-state index in [1.54, 1.807) is 22.3 Å². The molecular weight excluding hydrogens is 528 g/mol. The second-order valence-corrected chi connectivity index (χ2v) is 18.5. The first kappa shape index (κ1) is 24.8. The van der Waals surface area contributed by atoms with Gasteiger partial charge in [0.2, 0.25) is 0 Å². The van der Waals surface area contributed by atoms with Crippen LogP contribution in [0.2, 0.25) is 0 Å². The van der Waals surface area contributed by atoms with Crippen LogP contribution >= 0.6 is 0 Å². The molecule has 1 heteroatoms. The quantitative estimate of drug-likeness (QED) is 0.178. The molecule has 196 valence electrons. The average Bonchev–Trinajstić information content (AvgIpc) is 3.56. The zero-order chi connectivity index (χ0) is 27.2. The molecule has 2 aliphatic carbocycles. The van der Waals surface area contributed by atoms with E-state index in [1.165, 1.54) is 33.4 Å². The van der Waals surface area contributed by atoms with Crippen LogP contribution in [-0.2, 0) is 26.0 Å². The van der Waals surface area contributed by atoms with E-state index in [0.29, 0.717) is 8.45 Å². The van der Waals surface area contributed by atoms with Crippen molar-refractivity contribution in [1.82, 2.24) is 0 Å². The van der Waals surface area contributed by atoms with Crippen molar-refractivity contribution >= 4 is 0 Å². The summed E-state index contributed by atoms with van der Waals surface area (Å²) in [5, 5.41) is 0. The summed E-state index contributed by atoms with van der Waals surface area (Å²) in [7, 11) is 0. The molecule has 0 radical (unpaired) electrons. The summed E-state index contributed by atoms with van der Waals surface area (Å²) >= 11 is -3.21. The molecule has 8 rings (SSSR count). The van der Waals surface area contributed by atoms with Gasteiger partial charge in [-0.15, -0.1) is 0 Å². The molecule has 0 spiro atoms. The van der Waals surface area contributed by atoms with Crippen molar-refractivity contribution in [3.8, 4) is 22.3 Å². The maximum absolute atomic E-state index is 3.21. The predicted molar refractivity (Wildman–Crippen MR) is 168 cm³/mol. The molecule has 0 N–H and O–H groups in total. The van der Waals surface area contributed by atoms with Crippen LogP contribution in [-0.4, -0.2) is 0 Å². The van der Waals surface area contributed by atoms with Gasteiger partial charge in [0.1, 0.15) is 0 Å². The van der Waals surface area contributed by atoms with E-state index >= 15 is 0 Å². The SMILES string of the molecule is c1ccc([CH2][Ti]([CH2]c2ccccc2)([CH]2c3ccccc3-c3ccccc32)[CH]2c3ccccc3-c3ccccc32)cc1. The van der Waals surface area contributed by atoms with Crippen LogP contribution in [0.5, 0.6) is 0 Å². The molecule has 0 aromatic heterocycles. The monoisotopic (exact) mass is 560 g/mol. The van der Waals surface area contributed by atoms with Crippen molar-refractivity contribution in [2.75, 3.05) is 0 Å². The van der Waals surface area contributed by atoms with Crippen molar-refractivity contribution in [3.05, 3.63) is 191 Å². The minimum absolute atomic E-state index is 0.423. The van der Waals surface area contributed by atoms with Gasteiger partial charge in [0.25, 0.3) is 0 Å². The molecule has 0 fully saturated rings. The molecular formula is C40H32Ti. The Bertz CT molecular complexity index is 1620. The fourth-order valence-electron chi connectivity index (χ4n) is 8.14. The summed E-state index contributed by atoms with van der Waals surface area (Å²) in [4.78, 5) is 0. The molecule has 0 saturated carbocycles. The van der Waals surface area contributed by atoms with Gasteiger partial charge in [-0.3, -0.25) is 0 Å². The number of fused-ring (bicyclic) bond motifs is 6. The Balaban J connectivity index is 1.48. The molecule has 0 atom stereocenters. The number of benzene rings is 6. The van der Waals surface area contributed by atoms with Gasteiger partial charge in [-0.2, -0.15) is 0 Å². The van der Waals surface area contributed by atoms with Gasteiger partial charge in [0.15, 0.2) is 0 Å². The second-order valence-electron chi connectivity index (χ2n) is 11.8. The third-order valence-electron chi connectivity index (χ3n) is 9.57. The van der Waals surface area contributed by atoms with E-state index in [4.69, 9.17) is 0 Å². The molecule has 0 aliphatic heterocycles. The summed E-state index contributed by atoms with van der Waals surface area (Å²) in [6.07, 6.45) is 0. The second kappa shape index (κ2) is 10.1. The van der Waals surface area contributed by atoms with E-state index < -0.39 is 16.6 Å². The van der Waals surface area contributed by atoms with E-state index in [0.717, 1.165) is 9.45 Å². The molecule has 0 saturated heterocycles. The van der Waals surface area contributed by atoms with Crippen molar-refractivity contribution < 1.29 is 16.6 Å². The van der Waals surface area contributed by atoms with Crippen LogP contribution in [0.15, 0.2) is 158 Å². The van der Waals surface area contributed by atoms with E-state index in [-0.39, 0.29) is 0 Å². The van der Waals surface area contributed by atoms with Crippen LogP contribution in [0.25, 0.3) is 22.3 Å². The first-order valence-electron chi connectivity index (χ1n) is 14.8. The Hall–Kier alpha value is -3.97. The average molecular weight is 561 g/mol. The number of hydrogen-bond acceptors (Lipinski definition) is 0. The third-order valence-corrected chi connectivity index (χ3v) is 18.4. The topological polar surface area (TPSA) is 0 Å². The number of hydrogen-bond donors (Lipinski definition) is 0. The molecule has 41 heavy (non-hydrogen) atoms. The molecule has 0 bridgehead atoms. The van der Waals surface area contributed by atoms with Gasteiger partial charge in [-0.05, 0) is 0 Å². The Morgan fingerprint density at radius 1 is 0.317 bits per heavy atom. The van der Waals surface area contributed by atoms with Crippen molar-refractivity contribution in [2.45, 2.75) is 17.9 Å². The van der Waals surface area contributed by atoms with Crippen LogP contribution in [0, 0.1) is 0 Å². The zero-order valence-electron chi connectivity index (χ0n) is 23.1. The molecule has 0 unspecified atom stereocenters. The standard InChI is InChI=1S/2C13H9.2C7H7.Ti/c2*1-3-7-12-10(5-1)9-11-6-2-4-8-13(11)12;2*1-7-5-3-2-4-6-7;/h2*1-9H;2*2-6H,1H2;. The first-order chi connectivity index (χ1) is 20.3.